The minimum Gasteiger partial charge on any atom is -0.371 e. The lowest BCUT2D eigenvalue weighted by Crippen LogP contribution is -2.49. The number of pyridine rings is 1. The summed E-state index contributed by atoms with van der Waals surface area (Å²) in [7, 11) is -3.16. The van der Waals surface area contributed by atoms with Gasteiger partial charge < -0.3 is 9.47 Å². The summed E-state index contributed by atoms with van der Waals surface area (Å²) >= 11 is 0. The van der Waals surface area contributed by atoms with Crippen LogP contribution in [0.5, 0.6) is 0 Å². The van der Waals surface area contributed by atoms with Gasteiger partial charge in [0.25, 0.3) is 0 Å². The van der Waals surface area contributed by atoms with Crippen molar-refractivity contribution in [3.05, 3.63) is 30.1 Å². The van der Waals surface area contributed by atoms with Gasteiger partial charge >= 0.3 is 0 Å². The molecule has 0 bridgehead atoms. The molecule has 3 heterocycles. The monoisotopic (exact) mass is 326 g/mol. The fourth-order valence-corrected chi connectivity index (χ4v) is 4.16. The Balaban J connectivity index is 1.57. The topological polar surface area (TPSA) is 68.7 Å². The smallest absolute Gasteiger partial charge is 0.211 e. The lowest BCUT2D eigenvalue weighted by Gasteiger charge is -2.38. The Morgan fingerprint density at radius 3 is 3.14 bits per heavy atom. The van der Waals surface area contributed by atoms with Crippen molar-refractivity contribution in [3.8, 4) is 0 Å². The Morgan fingerprint density at radius 1 is 1.55 bits per heavy atom. The van der Waals surface area contributed by atoms with Crippen LogP contribution in [0.25, 0.3) is 0 Å². The first kappa shape index (κ1) is 15.9. The summed E-state index contributed by atoms with van der Waals surface area (Å²) in [4.78, 5) is 4.07. The molecule has 0 amide bonds. The Labute approximate surface area is 131 Å². The average molecular weight is 326 g/mol. The molecule has 1 spiro atoms. The molecule has 2 aliphatic heterocycles. The van der Waals surface area contributed by atoms with E-state index in [9.17, 15) is 8.42 Å². The summed E-state index contributed by atoms with van der Waals surface area (Å²) in [5, 5.41) is 0. The summed E-state index contributed by atoms with van der Waals surface area (Å²) < 4.78 is 36.9. The number of hydrogen-bond acceptors (Lipinski definition) is 5. The number of sulfonamides is 1. The maximum atomic E-state index is 11.8. The molecule has 122 valence electrons. The Morgan fingerprint density at radius 2 is 2.41 bits per heavy atom. The normalized spacial score (nSPS) is 30.0. The van der Waals surface area contributed by atoms with Gasteiger partial charge in [0.2, 0.25) is 10.0 Å². The minimum atomic E-state index is -3.16. The van der Waals surface area contributed by atoms with Crippen LogP contribution in [0.15, 0.2) is 24.5 Å². The first-order valence-corrected chi connectivity index (χ1v) is 9.41. The number of nitrogens with zero attached hydrogens (tertiary/aromatic N) is 2. The van der Waals surface area contributed by atoms with Crippen molar-refractivity contribution in [2.45, 2.75) is 37.6 Å². The van der Waals surface area contributed by atoms with Crippen molar-refractivity contribution in [2.24, 2.45) is 0 Å². The van der Waals surface area contributed by atoms with Crippen LogP contribution < -0.4 is 0 Å². The molecule has 2 atom stereocenters. The van der Waals surface area contributed by atoms with Gasteiger partial charge in [-0.15, -0.1) is 0 Å². The van der Waals surface area contributed by atoms with Crippen LogP contribution in [-0.2, 0) is 26.1 Å². The third kappa shape index (κ3) is 3.65. The summed E-state index contributed by atoms with van der Waals surface area (Å²) in [6.07, 6.45) is 7.28. The summed E-state index contributed by atoms with van der Waals surface area (Å²) in [6.45, 7) is 2.06. The fraction of sp³-hybridized carbons (Fsp3) is 0.667. The third-order valence-corrected chi connectivity index (χ3v) is 5.61. The molecular formula is C15H22N2O4S. The first-order valence-electron chi connectivity index (χ1n) is 7.56. The third-order valence-electron chi connectivity index (χ3n) is 4.36. The predicted octanol–water partition coefficient (Wildman–Crippen LogP) is 1.18. The molecule has 0 aliphatic carbocycles. The van der Waals surface area contributed by atoms with Crippen molar-refractivity contribution < 1.29 is 17.9 Å². The van der Waals surface area contributed by atoms with Crippen LogP contribution in [0.1, 0.15) is 24.8 Å². The van der Waals surface area contributed by atoms with E-state index in [4.69, 9.17) is 9.47 Å². The van der Waals surface area contributed by atoms with Crippen LogP contribution >= 0.6 is 0 Å². The van der Waals surface area contributed by atoms with Crippen molar-refractivity contribution >= 4 is 10.0 Å². The van der Waals surface area contributed by atoms with E-state index < -0.39 is 10.0 Å². The highest BCUT2D eigenvalue weighted by Crippen LogP contribution is 2.36. The van der Waals surface area contributed by atoms with E-state index in [0.717, 1.165) is 24.8 Å². The predicted molar refractivity (Wildman–Crippen MR) is 81.8 cm³/mol. The van der Waals surface area contributed by atoms with E-state index >= 15 is 0 Å². The highest BCUT2D eigenvalue weighted by atomic mass is 32.2. The Hall–Kier alpha value is -1.02. The van der Waals surface area contributed by atoms with Gasteiger partial charge in [0.15, 0.2) is 0 Å². The minimum absolute atomic E-state index is 0.0136. The molecule has 1 aromatic heterocycles. The number of ether oxygens (including phenoxy) is 2. The Bertz CT molecular complexity index is 607. The highest BCUT2D eigenvalue weighted by molar-refractivity contribution is 7.88. The molecule has 7 heteroatoms. The molecule has 0 saturated carbocycles. The maximum Gasteiger partial charge on any atom is 0.211 e. The zero-order valence-electron chi connectivity index (χ0n) is 12.8. The number of rotatable bonds is 4. The van der Waals surface area contributed by atoms with Gasteiger partial charge in [0.1, 0.15) is 0 Å². The number of hydrogen-bond donors (Lipinski definition) is 0. The van der Waals surface area contributed by atoms with E-state index in [1.807, 2.05) is 12.1 Å². The standard InChI is InChI=1S/C15H22N2O4S/c1-22(18,19)17-7-3-5-15(12-17)8-14(11-21-15)20-10-13-4-2-6-16-9-13/h2,4,6,9,14H,3,5,7-8,10-12H2,1H3/t14-,15+/m1/s1. The van der Waals surface area contributed by atoms with E-state index in [1.54, 1.807) is 12.4 Å². The molecule has 0 aromatic carbocycles. The van der Waals surface area contributed by atoms with Gasteiger partial charge in [-0.1, -0.05) is 6.07 Å². The van der Waals surface area contributed by atoms with Crippen molar-refractivity contribution in [1.29, 1.82) is 0 Å². The summed E-state index contributed by atoms with van der Waals surface area (Å²) in [6, 6.07) is 3.86. The van der Waals surface area contributed by atoms with Crippen LogP contribution in [0, 0.1) is 0 Å². The lowest BCUT2D eigenvalue weighted by molar-refractivity contribution is -0.0358. The van der Waals surface area contributed by atoms with Crippen LogP contribution in [0.2, 0.25) is 0 Å². The second kappa shape index (κ2) is 6.23. The van der Waals surface area contributed by atoms with Crippen LogP contribution in [0.3, 0.4) is 0 Å². The molecule has 2 saturated heterocycles. The van der Waals surface area contributed by atoms with E-state index in [2.05, 4.69) is 4.98 Å². The fourth-order valence-electron chi connectivity index (χ4n) is 3.23. The maximum absolute atomic E-state index is 11.8. The molecule has 6 nitrogen and oxygen atoms in total. The van der Waals surface area contributed by atoms with Gasteiger partial charge in [0.05, 0.1) is 31.2 Å². The highest BCUT2D eigenvalue weighted by Gasteiger charge is 2.45. The molecule has 0 N–H and O–H groups in total. The van der Waals surface area contributed by atoms with Gasteiger partial charge in [0, 0.05) is 31.9 Å². The van der Waals surface area contributed by atoms with E-state index in [0.29, 0.717) is 26.3 Å². The quantitative estimate of drug-likeness (QED) is 0.831. The molecule has 0 unspecified atom stereocenters. The van der Waals surface area contributed by atoms with Crippen molar-refractivity contribution in [2.75, 3.05) is 26.0 Å². The largest absolute Gasteiger partial charge is 0.371 e. The first-order chi connectivity index (χ1) is 10.5. The summed E-state index contributed by atoms with van der Waals surface area (Å²) in [5.74, 6) is 0. The molecular weight excluding hydrogens is 304 g/mol. The molecule has 2 aliphatic rings. The average Bonchev–Trinajstić information content (AvgIpc) is 2.88. The number of piperidine rings is 1. The van der Waals surface area contributed by atoms with Crippen molar-refractivity contribution in [3.63, 3.8) is 0 Å². The molecule has 22 heavy (non-hydrogen) atoms. The van der Waals surface area contributed by atoms with E-state index in [1.165, 1.54) is 10.6 Å². The zero-order valence-corrected chi connectivity index (χ0v) is 13.6. The molecule has 2 fully saturated rings. The lowest BCUT2D eigenvalue weighted by atomic mass is 9.90. The second-order valence-electron chi connectivity index (χ2n) is 6.19. The van der Waals surface area contributed by atoms with Gasteiger partial charge in [-0.05, 0) is 24.5 Å². The van der Waals surface area contributed by atoms with Crippen LogP contribution in [-0.4, -0.2) is 55.4 Å². The Kier molecular flexibility index (Phi) is 4.49. The molecule has 1 aromatic rings. The van der Waals surface area contributed by atoms with Gasteiger partial charge in [-0.2, -0.15) is 4.31 Å². The molecule has 0 radical (unpaired) electrons. The van der Waals surface area contributed by atoms with Crippen molar-refractivity contribution in [1.82, 2.24) is 9.29 Å². The SMILES string of the molecule is CS(=O)(=O)N1CCC[C@]2(C[C@@H](OCc3cccnc3)CO2)C1. The van der Waals surface area contributed by atoms with Gasteiger partial charge in [-0.3, -0.25) is 4.98 Å². The zero-order chi connectivity index (χ0) is 15.6. The second-order valence-corrected chi connectivity index (χ2v) is 8.17. The van der Waals surface area contributed by atoms with E-state index in [-0.39, 0.29) is 11.7 Å². The molecule has 3 rings (SSSR count). The van der Waals surface area contributed by atoms with Crippen LogP contribution in [0.4, 0.5) is 0 Å². The summed E-state index contributed by atoms with van der Waals surface area (Å²) in [5.41, 5.74) is 0.658. The van der Waals surface area contributed by atoms with Gasteiger partial charge in [-0.25, -0.2) is 8.42 Å². The number of aromatic nitrogens is 1.